The van der Waals surface area contributed by atoms with E-state index in [-0.39, 0.29) is 18.2 Å². The molecule has 3 rings (SSSR count). The lowest BCUT2D eigenvalue weighted by Gasteiger charge is -2.29. The number of rotatable bonds is 4. The van der Waals surface area contributed by atoms with Crippen molar-refractivity contribution in [3.05, 3.63) is 35.9 Å². The standard InChI is InChI=1S/C18H22N2O2/c1-13-18(2,15-10-6-7-11-15)17(22)20(19-13)12-16(21)14-8-4-3-5-9-14/h3-5,8-9,15H,6-7,10-12H2,1-2H3. The van der Waals surface area contributed by atoms with Crippen LogP contribution in [0.2, 0.25) is 0 Å². The Morgan fingerprint density at radius 2 is 1.91 bits per heavy atom. The summed E-state index contributed by atoms with van der Waals surface area (Å²) < 4.78 is 0. The molecule has 0 radical (unpaired) electrons. The first-order chi connectivity index (χ1) is 10.5. The predicted molar refractivity (Wildman–Crippen MR) is 85.7 cm³/mol. The van der Waals surface area contributed by atoms with Gasteiger partial charge in [0.2, 0.25) is 0 Å². The molecule has 1 amide bonds. The van der Waals surface area contributed by atoms with Crippen molar-refractivity contribution in [2.45, 2.75) is 39.5 Å². The van der Waals surface area contributed by atoms with E-state index in [1.807, 2.05) is 32.0 Å². The number of carbonyl (C=O) groups is 2. The average molecular weight is 298 g/mol. The Kier molecular flexibility index (Phi) is 3.85. The van der Waals surface area contributed by atoms with E-state index in [2.05, 4.69) is 5.10 Å². The molecule has 1 saturated carbocycles. The minimum atomic E-state index is -0.520. The van der Waals surface area contributed by atoms with E-state index >= 15 is 0 Å². The number of hydrogen-bond donors (Lipinski definition) is 0. The average Bonchev–Trinajstić information content (AvgIpc) is 3.13. The number of benzene rings is 1. The van der Waals surface area contributed by atoms with Crippen molar-refractivity contribution in [3.63, 3.8) is 0 Å². The van der Waals surface area contributed by atoms with Gasteiger partial charge in [0.25, 0.3) is 5.91 Å². The van der Waals surface area contributed by atoms with Crippen molar-refractivity contribution < 1.29 is 9.59 Å². The summed E-state index contributed by atoms with van der Waals surface area (Å²) in [6.45, 7) is 3.95. The summed E-state index contributed by atoms with van der Waals surface area (Å²) in [5, 5.41) is 5.79. The fourth-order valence-corrected chi connectivity index (χ4v) is 3.68. The van der Waals surface area contributed by atoms with Gasteiger partial charge in [-0.25, -0.2) is 5.01 Å². The van der Waals surface area contributed by atoms with Crippen molar-refractivity contribution in [3.8, 4) is 0 Å². The molecule has 4 heteroatoms. The van der Waals surface area contributed by atoms with E-state index in [9.17, 15) is 9.59 Å². The molecule has 0 saturated heterocycles. The van der Waals surface area contributed by atoms with Crippen molar-refractivity contribution in [2.24, 2.45) is 16.4 Å². The molecule has 1 aromatic rings. The number of carbonyl (C=O) groups excluding carboxylic acids is 2. The fraction of sp³-hybridized carbons (Fsp3) is 0.500. The van der Waals surface area contributed by atoms with Gasteiger partial charge in [-0.1, -0.05) is 43.2 Å². The van der Waals surface area contributed by atoms with Crippen LogP contribution in [-0.2, 0) is 4.79 Å². The van der Waals surface area contributed by atoms with Crippen molar-refractivity contribution in [1.82, 2.24) is 5.01 Å². The number of Topliss-reactive ketones (excluding diaryl/α,β-unsaturated/α-hetero) is 1. The topological polar surface area (TPSA) is 49.7 Å². The SMILES string of the molecule is CC1=NN(CC(=O)c2ccccc2)C(=O)C1(C)C1CCCC1. The lowest BCUT2D eigenvalue weighted by atomic mass is 9.72. The van der Waals surface area contributed by atoms with Crippen LogP contribution in [0.3, 0.4) is 0 Å². The summed E-state index contributed by atoms with van der Waals surface area (Å²) >= 11 is 0. The molecule has 1 fully saturated rings. The Morgan fingerprint density at radius 3 is 2.55 bits per heavy atom. The Balaban J connectivity index is 1.77. The molecule has 0 spiro atoms. The monoisotopic (exact) mass is 298 g/mol. The van der Waals surface area contributed by atoms with E-state index in [4.69, 9.17) is 0 Å². The molecule has 1 aromatic carbocycles. The normalized spacial score (nSPS) is 25.6. The van der Waals surface area contributed by atoms with E-state index in [0.29, 0.717) is 11.5 Å². The van der Waals surface area contributed by atoms with Gasteiger partial charge in [0, 0.05) is 5.56 Å². The quantitative estimate of drug-likeness (QED) is 0.801. The third-order valence-corrected chi connectivity index (χ3v) is 5.26. The lowest BCUT2D eigenvalue weighted by molar-refractivity contribution is -0.137. The van der Waals surface area contributed by atoms with Crippen molar-refractivity contribution in [1.29, 1.82) is 0 Å². The highest BCUT2D eigenvalue weighted by Crippen LogP contribution is 2.44. The first-order valence-electron chi connectivity index (χ1n) is 7.99. The van der Waals surface area contributed by atoms with Crippen LogP contribution in [0.5, 0.6) is 0 Å². The molecule has 1 aliphatic carbocycles. The first-order valence-corrected chi connectivity index (χ1v) is 7.99. The number of amides is 1. The van der Waals surface area contributed by atoms with Gasteiger partial charge in [-0.2, -0.15) is 5.10 Å². The van der Waals surface area contributed by atoms with Crippen molar-refractivity contribution >= 4 is 17.4 Å². The molecule has 2 aliphatic rings. The summed E-state index contributed by atoms with van der Waals surface area (Å²) in [6.07, 6.45) is 4.53. The van der Waals surface area contributed by atoms with Gasteiger partial charge in [-0.05, 0) is 32.6 Å². The zero-order valence-electron chi connectivity index (χ0n) is 13.2. The second-order valence-corrected chi connectivity index (χ2v) is 6.52. The van der Waals surface area contributed by atoms with E-state index in [1.165, 1.54) is 17.9 Å². The van der Waals surface area contributed by atoms with Crippen LogP contribution in [0.4, 0.5) is 0 Å². The molecule has 1 heterocycles. The summed E-state index contributed by atoms with van der Waals surface area (Å²) in [7, 11) is 0. The van der Waals surface area contributed by atoms with Crippen LogP contribution < -0.4 is 0 Å². The summed E-state index contributed by atoms with van der Waals surface area (Å²) in [5.41, 5.74) is 0.955. The van der Waals surface area contributed by atoms with Gasteiger partial charge >= 0.3 is 0 Å². The Morgan fingerprint density at radius 1 is 1.27 bits per heavy atom. The first kappa shape index (κ1) is 14.9. The third-order valence-electron chi connectivity index (χ3n) is 5.26. The second-order valence-electron chi connectivity index (χ2n) is 6.52. The Labute approximate surface area is 131 Å². The molecule has 0 aromatic heterocycles. The zero-order valence-corrected chi connectivity index (χ0v) is 13.2. The van der Waals surface area contributed by atoms with Crippen LogP contribution in [0, 0.1) is 11.3 Å². The van der Waals surface area contributed by atoms with Crippen LogP contribution in [0.15, 0.2) is 35.4 Å². The molecule has 1 atom stereocenters. The van der Waals surface area contributed by atoms with Crippen molar-refractivity contribution in [2.75, 3.05) is 6.54 Å². The van der Waals surface area contributed by atoms with Crippen LogP contribution in [-0.4, -0.2) is 29.0 Å². The third kappa shape index (κ3) is 2.36. The van der Waals surface area contributed by atoms with Gasteiger partial charge in [0.05, 0.1) is 11.1 Å². The molecule has 116 valence electrons. The number of ketones is 1. The van der Waals surface area contributed by atoms with Gasteiger partial charge in [0.1, 0.15) is 6.54 Å². The maximum absolute atomic E-state index is 12.9. The Hall–Kier alpha value is -1.97. The fourth-order valence-electron chi connectivity index (χ4n) is 3.68. The van der Waals surface area contributed by atoms with E-state index in [1.54, 1.807) is 12.1 Å². The minimum Gasteiger partial charge on any atom is -0.292 e. The second kappa shape index (κ2) is 5.67. The largest absolute Gasteiger partial charge is 0.292 e. The molecule has 4 nitrogen and oxygen atoms in total. The summed E-state index contributed by atoms with van der Waals surface area (Å²) in [4.78, 5) is 25.2. The maximum atomic E-state index is 12.9. The number of hydrogen-bond acceptors (Lipinski definition) is 3. The van der Waals surface area contributed by atoms with Crippen LogP contribution >= 0.6 is 0 Å². The highest BCUT2D eigenvalue weighted by atomic mass is 16.2. The lowest BCUT2D eigenvalue weighted by Crippen LogP contribution is -2.42. The summed E-state index contributed by atoms with van der Waals surface area (Å²) in [6, 6.07) is 9.08. The molecular formula is C18H22N2O2. The smallest absolute Gasteiger partial charge is 0.255 e. The van der Waals surface area contributed by atoms with Crippen LogP contribution in [0.1, 0.15) is 49.9 Å². The zero-order chi connectivity index (χ0) is 15.7. The van der Waals surface area contributed by atoms with E-state index < -0.39 is 5.41 Å². The van der Waals surface area contributed by atoms with Gasteiger partial charge in [-0.3, -0.25) is 9.59 Å². The molecule has 1 aliphatic heterocycles. The summed E-state index contributed by atoms with van der Waals surface area (Å²) in [5.74, 6) is 0.280. The van der Waals surface area contributed by atoms with Gasteiger partial charge in [0.15, 0.2) is 5.78 Å². The maximum Gasteiger partial charge on any atom is 0.255 e. The highest BCUT2D eigenvalue weighted by Gasteiger charge is 2.51. The Bertz CT molecular complexity index is 617. The minimum absolute atomic E-state index is 0.0128. The molecule has 0 N–H and O–H groups in total. The molecule has 0 bridgehead atoms. The number of hydrazone groups is 1. The highest BCUT2D eigenvalue weighted by molar-refractivity contribution is 6.12. The molecule has 1 unspecified atom stereocenters. The molecular weight excluding hydrogens is 276 g/mol. The van der Waals surface area contributed by atoms with E-state index in [0.717, 1.165) is 18.6 Å². The van der Waals surface area contributed by atoms with Crippen LogP contribution in [0.25, 0.3) is 0 Å². The predicted octanol–water partition coefficient (Wildman–Crippen LogP) is 3.28. The molecule has 22 heavy (non-hydrogen) atoms. The number of nitrogens with zero attached hydrogens (tertiary/aromatic N) is 2. The van der Waals surface area contributed by atoms with Gasteiger partial charge < -0.3 is 0 Å². The van der Waals surface area contributed by atoms with Gasteiger partial charge in [-0.15, -0.1) is 0 Å².